The van der Waals surface area contributed by atoms with Gasteiger partial charge in [-0.2, -0.15) is 0 Å². The summed E-state index contributed by atoms with van der Waals surface area (Å²) in [6.45, 7) is 3.16. The maximum atomic E-state index is 13.4. The second kappa shape index (κ2) is 11.7. The number of rotatable bonds is 9. The Bertz CT molecular complexity index is 1230. The summed E-state index contributed by atoms with van der Waals surface area (Å²) >= 11 is 6.31. The molecule has 1 fully saturated rings. The lowest BCUT2D eigenvalue weighted by Crippen LogP contribution is -2.40. The number of sulfonamides is 1. The third-order valence-electron chi connectivity index (χ3n) is 6.11. The van der Waals surface area contributed by atoms with E-state index in [1.165, 1.54) is 37.0 Å². The van der Waals surface area contributed by atoms with E-state index >= 15 is 0 Å². The number of carbonyl (C=O) groups excluding carboxylic acids is 1. The van der Waals surface area contributed by atoms with Gasteiger partial charge in [0, 0.05) is 13.1 Å². The van der Waals surface area contributed by atoms with Crippen LogP contribution in [0.1, 0.15) is 30.4 Å². The van der Waals surface area contributed by atoms with E-state index in [4.69, 9.17) is 11.6 Å². The summed E-state index contributed by atoms with van der Waals surface area (Å²) in [6, 6.07) is 22.8. The molecule has 1 aliphatic rings. The molecule has 0 unspecified atom stereocenters. The number of carbonyl (C=O) groups is 1. The highest BCUT2D eigenvalue weighted by Gasteiger charge is 2.28. The summed E-state index contributed by atoms with van der Waals surface area (Å²) < 4.78 is 27.8. The first kappa shape index (κ1) is 25.2. The third kappa shape index (κ3) is 6.63. The van der Waals surface area contributed by atoms with Gasteiger partial charge in [0.05, 0.1) is 15.6 Å². The second-order valence-electron chi connectivity index (χ2n) is 8.71. The summed E-state index contributed by atoms with van der Waals surface area (Å²) in [5.74, 6) is -0.415. The van der Waals surface area contributed by atoms with Crippen molar-refractivity contribution < 1.29 is 13.2 Å². The fourth-order valence-corrected chi connectivity index (χ4v) is 5.95. The lowest BCUT2D eigenvalue weighted by atomic mass is 10.1. The van der Waals surface area contributed by atoms with E-state index in [0.717, 1.165) is 29.5 Å². The van der Waals surface area contributed by atoms with Gasteiger partial charge in [-0.3, -0.25) is 14.0 Å². The molecular formula is C27H30ClN3O3S. The van der Waals surface area contributed by atoms with Crippen molar-refractivity contribution in [1.29, 1.82) is 0 Å². The van der Waals surface area contributed by atoms with Crippen molar-refractivity contribution in [1.82, 2.24) is 10.2 Å². The molecule has 3 aromatic carbocycles. The lowest BCUT2D eigenvalue weighted by Gasteiger charge is -2.26. The Labute approximate surface area is 212 Å². The highest BCUT2D eigenvalue weighted by molar-refractivity contribution is 7.92. The van der Waals surface area contributed by atoms with E-state index < -0.39 is 15.9 Å². The SMILES string of the molecule is O=C(CN(c1ccccc1Cl)S(=O)(=O)c1ccccc1)NCc1ccc(CN2CCCCC2)cc1. The van der Waals surface area contributed by atoms with Crippen LogP contribution in [0.3, 0.4) is 0 Å². The molecule has 4 rings (SSSR count). The minimum atomic E-state index is -3.99. The summed E-state index contributed by atoms with van der Waals surface area (Å²) in [5, 5.41) is 3.10. The van der Waals surface area contributed by atoms with Gasteiger partial charge < -0.3 is 5.32 Å². The van der Waals surface area contributed by atoms with E-state index in [1.807, 2.05) is 12.1 Å². The first-order valence-corrected chi connectivity index (χ1v) is 13.6. The van der Waals surface area contributed by atoms with E-state index in [9.17, 15) is 13.2 Å². The van der Waals surface area contributed by atoms with Gasteiger partial charge in [-0.05, 0) is 61.3 Å². The summed E-state index contributed by atoms with van der Waals surface area (Å²) in [6.07, 6.45) is 3.83. The number of nitrogens with zero attached hydrogens (tertiary/aromatic N) is 2. The first-order chi connectivity index (χ1) is 16.9. The third-order valence-corrected chi connectivity index (χ3v) is 8.20. The zero-order chi connectivity index (χ0) is 24.7. The largest absolute Gasteiger partial charge is 0.350 e. The molecule has 0 radical (unpaired) electrons. The smallest absolute Gasteiger partial charge is 0.264 e. The van der Waals surface area contributed by atoms with Crippen LogP contribution in [0.25, 0.3) is 0 Å². The maximum absolute atomic E-state index is 13.4. The van der Waals surface area contributed by atoms with E-state index in [2.05, 4.69) is 22.3 Å². The van der Waals surface area contributed by atoms with Gasteiger partial charge in [0.25, 0.3) is 10.0 Å². The highest BCUT2D eigenvalue weighted by atomic mass is 35.5. The molecule has 1 saturated heterocycles. The van der Waals surface area contributed by atoms with Gasteiger partial charge in [0.15, 0.2) is 0 Å². The monoisotopic (exact) mass is 511 g/mol. The minimum Gasteiger partial charge on any atom is -0.350 e. The van der Waals surface area contributed by atoms with Crippen molar-refractivity contribution in [2.24, 2.45) is 0 Å². The van der Waals surface area contributed by atoms with Gasteiger partial charge in [0.2, 0.25) is 5.91 Å². The number of benzene rings is 3. The molecule has 1 aliphatic heterocycles. The highest BCUT2D eigenvalue weighted by Crippen LogP contribution is 2.30. The molecule has 0 saturated carbocycles. The van der Waals surface area contributed by atoms with Gasteiger partial charge in [0.1, 0.15) is 6.54 Å². The van der Waals surface area contributed by atoms with Crippen LogP contribution >= 0.6 is 11.6 Å². The normalized spacial score (nSPS) is 14.4. The molecule has 3 aromatic rings. The number of halogens is 1. The Morgan fingerprint density at radius 1 is 0.857 bits per heavy atom. The molecule has 0 atom stereocenters. The van der Waals surface area contributed by atoms with Crippen LogP contribution in [0.5, 0.6) is 0 Å². The predicted molar refractivity (Wildman–Crippen MR) is 140 cm³/mol. The number of hydrogen-bond donors (Lipinski definition) is 1. The molecule has 1 heterocycles. The minimum absolute atomic E-state index is 0.0945. The molecule has 8 heteroatoms. The van der Waals surface area contributed by atoms with Crippen LogP contribution in [0.4, 0.5) is 5.69 Å². The van der Waals surface area contributed by atoms with Gasteiger partial charge >= 0.3 is 0 Å². The van der Waals surface area contributed by atoms with E-state index in [0.29, 0.717) is 6.54 Å². The molecular weight excluding hydrogens is 482 g/mol. The molecule has 0 aliphatic carbocycles. The number of likely N-dealkylation sites (tertiary alicyclic amines) is 1. The predicted octanol–water partition coefficient (Wildman–Crippen LogP) is 4.84. The Morgan fingerprint density at radius 2 is 1.49 bits per heavy atom. The number of piperidine rings is 1. The second-order valence-corrected chi connectivity index (χ2v) is 11.0. The van der Waals surface area contributed by atoms with E-state index in [-0.39, 0.29) is 22.2 Å². The number of para-hydroxylation sites is 1. The number of hydrogen-bond acceptors (Lipinski definition) is 4. The summed E-state index contributed by atoms with van der Waals surface area (Å²) in [5.41, 5.74) is 2.46. The van der Waals surface area contributed by atoms with Crippen molar-refractivity contribution in [2.75, 3.05) is 23.9 Å². The first-order valence-electron chi connectivity index (χ1n) is 11.8. The van der Waals surface area contributed by atoms with Crippen molar-refractivity contribution >= 4 is 33.2 Å². The topological polar surface area (TPSA) is 69.7 Å². The van der Waals surface area contributed by atoms with Gasteiger partial charge in [-0.1, -0.05) is 72.6 Å². The Balaban J connectivity index is 1.42. The number of nitrogens with one attached hydrogen (secondary N) is 1. The van der Waals surface area contributed by atoms with Crippen molar-refractivity contribution in [3.63, 3.8) is 0 Å². The maximum Gasteiger partial charge on any atom is 0.264 e. The zero-order valence-electron chi connectivity index (χ0n) is 19.6. The average molecular weight is 512 g/mol. The molecule has 0 bridgehead atoms. The summed E-state index contributed by atoms with van der Waals surface area (Å²) in [4.78, 5) is 15.4. The lowest BCUT2D eigenvalue weighted by molar-refractivity contribution is -0.119. The molecule has 1 amide bonds. The molecule has 6 nitrogen and oxygen atoms in total. The molecule has 0 spiro atoms. The fraction of sp³-hybridized carbons (Fsp3) is 0.296. The van der Waals surface area contributed by atoms with Gasteiger partial charge in [-0.15, -0.1) is 0 Å². The fourth-order valence-electron chi connectivity index (χ4n) is 4.20. The Morgan fingerprint density at radius 3 is 2.17 bits per heavy atom. The van der Waals surface area contributed by atoms with Crippen molar-refractivity contribution in [2.45, 2.75) is 37.2 Å². The molecule has 1 N–H and O–H groups in total. The zero-order valence-corrected chi connectivity index (χ0v) is 21.1. The van der Waals surface area contributed by atoms with Crippen molar-refractivity contribution in [3.8, 4) is 0 Å². The molecule has 0 aromatic heterocycles. The molecule has 184 valence electrons. The number of anilines is 1. The quantitative estimate of drug-likeness (QED) is 0.446. The van der Waals surface area contributed by atoms with Crippen molar-refractivity contribution in [3.05, 3.63) is 95.0 Å². The van der Waals surface area contributed by atoms with Crippen LogP contribution in [-0.4, -0.2) is 38.9 Å². The Kier molecular flexibility index (Phi) is 8.44. The van der Waals surface area contributed by atoms with Crippen LogP contribution in [0, 0.1) is 0 Å². The number of amides is 1. The summed E-state index contributed by atoms with van der Waals surface area (Å²) in [7, 11) is -3.99. The van der Waals surface area contributed by atoms with E-state index in [1.54, 1.807) is 42.5 Å². The molecule has 35 heavy (non-hydrogen) atoms. The standard InChI is InChI=1S/C27H30ClN3O3S/c28-25-11-5-6-12-26(25)31(35(33,34)24-9-3-1-4-10-24)21-27(32)29-19-22-13-15-23(16-14-22)20-30-17-7-2-8-18-30/h1,3-6,9-16H,2,7-8,17-21H2,(H,29,32). The van der Waals surface area contributed by atoms with Crippen LogP contribution in [0.2, 0.25) is 5.02 Å². The Hall–Kier alpha value is -2.87. The van der Waals surface area contributed by atoms with Crippen LogP contribution in [-0.2, 0) is 27.9 Å². The van der Waals surface area contributed by atoms with Crippen LogP contribution in [0.15, 0.2) is 83.8 Å². The van der Waals surface area contributed by atoms with Crippen LogP contribution < -0.4 is 9.62 Å². The van der Waals surface area contributed by atoms with Gasteiger partial charge in [-0.25, -0.2) is 8.42 Å². The average Bonchev–Trinajstić information content (AvgIpc) is 2.88.